The minimum atomic E-state index is -0.224. The number of hydrogen-bond acceptors (Lipinski definition) is 5. The van der Waals surface area contributed by atoms with Crippen LogP contribution in [0.25, 0.3) is 16.4 Å². The van der Waals surface area contributed by atoms with Gasteiger partial charge in [0.05, 0.1) is 4.70 Å². The summed E-state index contributed by atoms with van der Waals surface area (Å²) in [5, 5.41) is 1.19. The SMILES string of the molecule is O=C1/C(=C\c2ccc(Cl)cc2)N=C(c2ccccc2)N1c1nc2ncccc2s1. The first-order valence-corrected chi connectivity index (χ1v) is 10.1. The van der Waals surface area contributed by atoms with E-state index >= 15 is 0 Å². The second kappa shape index (κ2) is 7.24. The van der Waals surface area contributed by atoms with Gasteiger partial charge in [-0.1, -0.05) is 65.4 Å². The molecule has 1 aliphatic heterocycles. The number of anilines is 1. The summed E-state index contributed by atoms with van der Waals surface area (Å²) in [6.07, 6.45) is 3.45. The van der Waals surface area contributed by atoms with Crippen molar-refractivity contribution in [1.29, 1.82) is 0 Å². The van der Waals surface area contributed by atoms with E-state index in [0.29, 0.717) is 27.3 Å². The fourth-order valence-electron chi connectivity index (χ4n) is 3.05. The van der Waals surface area contributed by atoms with Crippen LogP contribution in [0.1, 0.15) is 11.1 Å². The van der Waals surface area contributed by atoms with E-state index in [4.69, 9.17) is 11.6 Å². The number of aromatic nitrogens is 2. The topological polar surface area (TPSA) is 58.5 Å². The molecule has 0 fully saturated rings. The first-order chi connectivity index (χ1) is 14.2. The third kappa shape index (κ3) is 3.33. The van der Waals surface area contributed by atoms with Crippen LogP contribution < -0.4 is 4.90 Å². The number of carbonyl (C=O) groups is 1. The zero-order valence-electron chi connectivity index (χ0n) is 15.0. The molecule has 29 heavy (non-hydrogen) atoms. The van der Waals surface area contributed by atoms with Crippen LogP contribution in [0.15, 0.2) is 83.6 Å². The number of thiazole rings is 1. The maximum atomic E-state index is 13.3. The van der Waals surface area contributed by atoms with Crippen molar-refractivity contribution >= 4 is 56.2 Å². The molecule has 1 amide bonds. The molecule has 1 aliphatic rings. The van der Waals surface area contributed by atoms with Crippen molar-refractivity contribution in [2.45, 2.75) is 0 Å². The third-order valence-corrected chi connectivity index (χ3v) is 5.66. The fourth-order valence-corrected chi connectivity index (χ4v) is 4.10. The summed E-state index contributed by atoms with van der Waals surface area (Å²) >= 11 is 7.38. The molecule has 4 aromatic rings. The van der Waals surface area contributed by atoms with Gasteiger partial charge in [-0.3, -0.25) is 4.79 Å². The predicted octanol–water partition coefficient (Wildman–Crippen LogP) is 5.18. The highest BCUT2D eigenvalue weighted by Crippen LogP contribution is 2.33. The van der Waals surface area contributed by atoms with E-state index in [1.165, 1.54) is 11.3 Å². The average Bonchev–Trinajstić information content (AvgIpc) is 3.31. The van der Waals surface area contributed by atoms with E-state index < -0.39 is 0 Å². The second-order valence-electron chi connectivity index (χ2n) is 6.34. The monoisotopic (exact) mass is 416 g/mol. The lowest BCUT2D eigenvalue weighted by molar-refractivity contribution is -0.113. The molecule has 3 heterocycles. The zero-order chi connectivity index (χ0) is 19.8. The van der Waals surface area contributed by atoms with Crippen LogP contribution in [0.5, 0.6) is 0 Å². The van der Waals surface area contributed by atoms with Gasteiger partial charge in [-0.15, -0.1) is 0 Å². The van der Waals surface area contributed by atoms with Gasteiger partial charge in [0.15, 0.2) is 5.65 Å². The van der Waals surface area contributed by atoms with E-state index in [2.05, 4.69) is 15.0 Å². The minimum Gasteiger partial charge on any atom is -0.266 e. The lowest BCUT2D eigenvalue weighted by atomic mass is 10.2. The van der Waals surface area contributed by atoms with Crippen LogP contribution in [-0.4, -0.2) is 21.7 Å². The molecular formula is C22H13ClN4OS. The van der Waals surface area contributed by atoms with Gasteiger partial charge in [0, 0.05) is 16.8 Å². The van der Waals surface area contributed by atoms with Crippen molar-refractivity contribution in [3.05, 3.63) is 94.8 Å². The van der Waals surface area contributed by atoms with Gasteiger partial charge in [0.25, 0.3) is 5.91 Å². The van der Waals surface area contributed by atoms with Crippen molar-refractivity contribution in [2.75, 3.05) is 4.90 Å². The summed E-state index contributed by atoms with van der Waals surface area (Å²) in [4.78, 5) is 28.4. The number of pyridine rings is 1. The molecule has 2 aromatic carbocycles. The van der Waals surface area contributed by atoms with E-state index in [0.717, 1.165) is 15.8 Å². The first-order valence-electron chi connectivity index (χ1n) is 8.86. The van der Waals surface area contributed by atoms with Gasteiger partial charge in [-0.2, -0.15) is 4.98 Å². The van der Waals surface area contributed by atoms with Gasteiger partial charge < -0.3 is 0 Å². The number of rotatable bonds is 3. The van der Waals surface area contributed by atoms with Crippen LogP contribution in [0.4, 0.5) is 5.13 Å². The van der Waals surface area contributed by atoms with Gasteiger partial charge in [0.2, 0.25) is 5.13 Å². The highest BCUT2D eigenvalue weighted by atomic mass is 35.5. The predicted molar refractivity (Wildman–Crippen MR) is 117 cm³/mol. The van der Waals surface area contributed by atoms with Gasteiger partial charge in [0.1, 0.15) is 11.5 Å². The summed E-state index contributed by atoms with van der Waals surface area (Å²) in [5.74, 6) is 0.327. The number of fused-ring (bicyclic) bond motifs is 1. The Labute approximate surface area is 175 Å². The van der Waals surface area contributed by atoms with Crippen LogP contribution in [0.3, 0.4) is 0 Å². The van der Waals surface area contributed by atoms with Crippen molar-refractivity contribution in [1.82, 2.24) is 9.97 Å². The number of benzene rings is 2. The maximum absolute atomic E-state index is 13.3. The van der Waals surface area contributed by atoms with Crippen molar-refractivity contribution in [3.63, 3.8) is 0 Å². The molecule has 0 N–H and O–H groups in total. The number of hydrogen-bond donors (Lipinski definition) is 0. The number of aliphatic imine (C=N–C) groups is 1. The molecule has 0 saturated heterocycles. The van der Waals surface area contributed by atoms with E-state index in [9.17, 15) is 4.79 Å². The summed E-state index contributed by atoms with van der Waals surface area (Å²) in [7, 11) is 0. The summed E-state index contributed by atoms with van der Waals surface area (Å²) in [6.45, 7) is 0. The van der Waals surface area contributed by atoms with Gasteiger partial charge in [-0.05, 0) is 35.9 Å². The smallest absolute Gasteiger partial charge is 0.266 e. The highest BCUT2D eigenvalue weighted by Gasteiger charge is 2.34. The lowest BCUT2D eigenvalue weighted by Crippen LogP contribution is -2.32. The number of halogens is 1. The lowest BCUT2D eigenvalue weighted by Gasteiger charge is -2.14. The molecule has 140 valence electrons. The van der Waals surface area contributed by atoms with Crippen LogP contribution in [0.2, 0.25) is 5.02 Å². The zero-order valence-corrected chi connectivity index (χ0v) is 16.6. The number of amidine groups is 1. The Morgan fingerprint density at radius 3 is 2.52 bits per heavy atom. The molecule has 0 unspecified atom stereocenters. The Morgan fingerprint density at radius 2 is 1.76 bits per heavy atom. The molecule has 0 radical (unpaired) electrons. The third-order valence-electron chi connectivity index (χ3n) is 4.41. The summed E-state index contributed by atoms with van der Waals surface area (Å²) < 4.78 is 0.915. The quantitative estimate of drug-likeness (QED) is 0.432. The van der Waals surface area contributed by atoms with E-state index in [-0.39, 0.29) is 5.91 Å². The molecule has 5 nitrogen and oxygen atoms in total. The maximum Gasteiger partial charge on any atom is 0.284 e. The van der Waals surface area contributed by atoms with Crippen molar-refractivity contribution < 1.29 is 4.79 Å². The normalized spacial score (nSPS) is 15.3. The Hall–Kier alpha value is -3.35. The first kappa shape index (κ1) is 17.7. The van der Waals surface area contributed by atoms with Crippen LogP contribution in [-0.2, 0) is 4.79 Å². The average molecular weight is 417 g/mol. The fraction of sp³-hybridized carbons (Fsp3) is 0. The molecular weight excluding hydrogens is 404 g/mol. The van der Waals surface area contributed by atoms with E-state index in [1.807, 2.05) is 54.6 Å². The number of carbonyl (C=O) groups excluding carboxylic acids is 1. The molecule has 5 rings (SSSR count). The van der Waals surface area contributed by atoms with E-state index in [1.54, 1.807) is 29.3 Å². The standard InChI is InChI=1S/C22H13ClN4OS/c23-16-10-8-14(9-11-16)13-17-21(28)27(20(25-17)15-5-2-1-3-6-15)22-26-19-18(29-22)7-4-12-24-19/h1-13H/b17-13+. The Bertz CT molecular complexity index is 1250. The minimum absolute atomic E-state index is 0.224. The number of amides is 1. The van der Waals surface area contributed by atoms with Gasteiger partial charge >= 0.3 is 0 Å². The van der Waals surface area contributed by atoms with Gasteiger partial charge in [-0.25, -0.2) is 14.9 Å². The molecule has 7 heteroatoms. The molecule has 0 aliphatic carbocycles. The Morgan fingerprint density at radius 1 is 0.966 bits per heavy atom. The summed E-state index contributed by atoms with van der Waals surface area (Å²) in [5.41, 5.74) is 2.65. The second-order valence-corrected chi connectivity index (χ2v) is 7.79. The van der Waals surface area contributed by atoms with Crippen LogP contribution in [0, 0.1) is 0 Å². The molecule has 0 atom stereocenters. The molecule has 0 spiro atoms. The molecule has 0 bridgehead atoms. The largest absolute Gasteiger partial charge is 0.284 e. The highest BCUT2D eigenvalue weighted by molar-refractivity contribution is 7.22. The summed E-state index contributed by atoms with van der Waals surface area (Å²) in [6, 6.07) is 20.7. The Kier molecular flexibility index (Phi) is 4.42. The van der Waals surface area contributed by atoms with Crippen molar-refractivity contribution in [2.24, 2.45) is 4.99 Å². The number of nitrogens with zero attached hydrogens (tertiary/aromatic N) is 4. The molecule has 2 aromatic heterocycles. The van der Waals surface area contributed by atoms with Crippen molar-refractivity contribution in [3.8, 4) is 0 Å². The van der Waals surface area contributed by atoms with Crippen LogP contribution >= 0.6 is 22.9 Å². The molecule has 0 saturated carbocycles. The Balaban J connectivity index is 1.63.